The van der Waals surface area contributed by atoms with Gasteiger partial charge in [0.1, 0.15) is 5.65 Å². The fraction of sp³-hybridized carbons (Fsp3) is 0.533. The molecule has 2 fully saturated rings. The number of hydrogen-bond donors (Lipinski definition) is 2. The van der Waals surface area contributed by atoms with E-state index in [-0.39, 0.29) is 1.43 Å². The lowest BCUT2D eigenvalue weighted by Gasteiger charge is -2.53. The van der Waals surface area contributed by atoms with Gasteiger partial charge in [-0.2, -0.15) is 0 Å². The molecule has 0 aromatic carbocycles. The van der Waals surface area contributed by atoms with Gasteiger partial charge in [-0.15, -0.1) is 0 Å². The van der Waals surface area contributed by atoms with Crippen LogP contribution in [0.1, 0.15) is 33.2 Å². The van der Waals surface area contributed by atoms with Crippen molar-refractivity contribution in [1.29, 1.82) is 0 Å². The monoisotopic (exact) mass is 243 g/mol. The number of nitrogens with one attached hydrogen (secondary N) is 2. The van der Waals surface area contributed by atoms with E-state index in [0.717, 1.165) is 5.65 Å². The summed E-state index contributed by atoms with van der Waals surface area (Å²) in [5.41, 5.74) is 3.43. The molecule has 3 nitrogen and oxygen atoms in total. The van der Waals surface area contributed by atoms with Gasteiger partial charge >= 0.3 is 0 Å². The van der Waals surface area contributed by atoms with Crippen LogP contribution < -0.4 is 5.32 Å². The average molecular weight is 243 g/mol. The second-order valence-corrected chi connectivity index (χ2v) is 6.44. The first-order valence-electron chi connectivity index (χ1n) is 6.84. The van der Waals surface area contributed by atoms with Crippen LogP contribution in [0.5, 0.6) is 0 Å². The normalized spacial score (nSPS) is 35.2. The number of fused-ring (bicyclic) bond motifs is 1. The third-order valence-corrected chi connectivity index (χ3v) is 4.97. The second kappa shape index (κ2) is 3.35. The van der Waals surface area contributed by atoms with Crippen LogP contribution in [0, 0.1) is 5.41 Å². The molecule has 18 heavy (non-hydrogen) atoms. The van der Waals surface area contributed by atoms with E-state index >= 15 is 0 Å². The first-order valence-corrected chi connectivity index (χ1v) is 6.84. The number of nitrogens with zero attached hydrogens (tertiary/aromatic N) is 1. The molecule has 1 aliphatic carbocycles. The Bertz CT molecular complexity index is 590. The number of hydrogen-bond acceptors (Lipinski definition) is 2. The van der Waals surface area contributed by atoms with Gasteiger partial charge in [0.05, 0.1) is 0 Å². The third kappa shape index (κ3) is 1.31. The highest BCUT2D eigenvalue weighted by molar-refractivity contribution is 5.80. The van der Waals surface area contributed by atoms with Crippen molar-refractivity contribution in [2.24, 2.45) is 5.41 Å². The highest BCUT2D eigenvalue weighted by atomic mass is 14.9. The molecule has 1 spiro atoms. The predicted molar refractivity (Wildman–Crippen MR) is 74.7 cm³/mol. The van der Waals surface area contributed by atoms with Crippen molar-refractivity contribution in [2.45, 2.75) is 31.6 Å². The minimum atomic E-state index is 0. The summed E-state index contributed by atoms with van der Waals surface area (Å²) in [6.07, 6.45) is 7.92. The molecule has 2 aromatic heterocycles. The Balaban J connectivity index is 0.00000110. The Labute approximate surface area is 108 Å². The summed E-state index contributed by atoms with van der Waals surface area (Å²) < 4.78 is 0. The molecular formula is C15H21N3. The zero-order chi connectivity index (χ0) is 12.2. The zero-order valence-corrected chi connectivity index (χ0v) is 10.8. The van der Waals surface area contributed by atoms with Crippen molar-refractivity contribution in [3.05, 3.63) is 30.1 Å². The van der Waals surface area contributed by atoms with Crippen molar-refractivity contribution in [1.82, 2.24) is 15.3 Å². The molecule has 2 N–H and O–H groups in total. The van der Waals surface area contributed by atoms with Crippen molar-refractivity contribution in [3.63, 3.8) is 0 Å². The maximum Gasteiger partial charge on any atom is 0.137 e. The van der Waals surface area contributed by atoms with Gasteiger partial charge in [0.25, 0.3) is 0 Å². The zero-order valence-electron chi connectivity index (χ0n) is 10.8. The van der Waals surface area contributed by atoms with Gasteiger partial charge in [-0.25, -0.2) is 4.98 Å². The van der Waals surface area contributed by atoms with Crippen LogP contribution >= 0.6 is 0 Å². The molecular weight excluding hydrogens is 222 g/mol. The van der Waals surface area contributed by atoms with Crippen LogP contribution in [0.15, 0.2) is 24.5 Å². The van der Waals surface area contributed by atoms with Crippen LogP contribution in [-0.2, 0) is 5.41 Å². The van der Waals surface area contributed by atoms with Gasteiger partial charge in [0.2, 0.25) is 0 Å². The molecule has 0 atom stereocenters. The van der Waals surface area contributed by atoms with Gasteiger partial charge in [-0.1, -0.05) is 6.92 Å². The Morgan fingerprint density at radius 2 is 2.22 bits per heavy atom. The summed E-state index contributed by atoms with van der Waals surface area (Å²) in [6, 6.07) is 4.38. The number of pyridine rings is 1. The summed E-state index contributed by atoms with van der Waals surface area (Å²) in [6.45, 7) is 4.83. The maximum absolute atomic E-state index is 4.39. The Hall–Kier alpha value is -1.35. The van der Waals surface area contributed by atoms with Crippen LogP contribution in [0.3, 0.4) is 0 Å². The molecule has 0 bridgehead atoms. The minimum absolute atomic E-state index is 0. The van der Waals surface area contributed by atoms with Gasteiger partial charge < -0.3 is 10.3 Å². The van der Waals surface area contributed by atoms with Crippen LogP contribution in [0.25, 0.3) is 11.0 Å². The fourth-order valence-corrected chi connectivity index (χ4v) is 4.38. The number of rotatable bonds is 1. The summed E-state index contributed by atoms with van der Waals surface area (Å²) in [4.78, 5) is 7.61. The molecule has 3 heterocycles. The van der Waals surface area contributed by atoms with Gasteiger partial charge in [-0.3, -0.25) is 0 Å². The molecule has 0 radical (unpaired) electrons. The topological polar surface area (TPSA) is 40.7 Å². The molecule has 96 valence electrons. The van der Waals surface area contributed by atoms with Gasteiger partial charge in [0.15, 0.2) is 0 Å². The Morgan fingerprint density at radius 1 is 1.33 bits per heavy atom. The van der Waals surface area contributed by atoms with Crippen molar-refractivity contribution in [2.75, 3.05) is 13.1 Å². The van der Waals surface area contributed by atoms with Crippen molar-refractivity contribution >= 4 is 11.0 Å². The molecule has 1 aliphatic heterocycles. The molecule has 4 rings (SSSR count). The minimum Gasteiger partial charge on any atom is -0.346 e. The highest BCUT2D eigenvalue weighted by Gasteiger charge is 2.53. The van der Waals surface area contributed by atoms with Crippen LogP contribution in [-0.4, -0.2) is 23.1 Å². The largest absolute Gasteiger partial charge is 0.346 e. The van der Waals surface area contributed by atoms with E-state index in [0.29, 0.717) is 10.8 Å². The molecule has 3 heteroatoms. The SMILES string of the molecule is CC1(c2ccnc3[nH]ccc23)CC2(CCNC2)C1.[HH]. The van der Waals surface area contributed by atoms with E-state index < -0.39 is 0 Å². The van der Waals surface area contributed by atoms with E-state index in [1.165, 1.54) is 43.3 Å². The summed E-state index contributed by atoms with van der Waals surface area (Å²) in [5, 5.41) is 4.82. The smallest absolute Gasteiger partial charge is 0.137 e. The van der Waals surface area contributed by atoms with Gasteiger partial charge in [-0.05, 0) is 54.3 Å². The molecule has 1 saturated carbocycles. The van der Waals surface area contributed by atoms with Gasteiger partial charge in [0, 0.05) is 25.8 Å². The van der Waals surface area contributed by atoms with E-state index in [9.17, 15) is 0 Å². The lowest BCUT2D eigenvalue weighted by atomic mass is 9.51. The number of H-pyrrole nitrogens is 1. The summed E-state index contributed by atoms with van der Waals surface area (Å²) in [5.74, 6) is 0. The lowest BCUT2D eigenvalue weighted by molar-refractivity contribution is 0.0544. The van der Waals surface area contributed by atoms with E-state index in [1.807, 2.05) is 12.4 Å². The molecule has 0 unspecified atom stereocenters. The van der Waals surface area contributed by atoms with Crippen molar-refractivity contribution in [3.8, 4) is 0 Å². The third-order valence-electron chi connectivity index (χ3n) is 4.97. The number of aromatic nitrogens is 2. The van der Waals surface area contributed by atoms with E-state index in [4.69, 9.17) is 0 Å². The molecule has 2 aromatic rings. The van der Waals surface area contributed by atoms with Crippen molar-refractivity contribution < 1.29 is 1.43 Å². The average Bonchev–Trinajstić information content (AvgIpc) is 2.95. The Kier molecular flexibility index (Phi) is 1.97. The first kappa shape index (κ1) is 10.6. The molecule has 1 saturated heterocycles. The van der Waals surface area contributed by atoms with E-state index in [2.05, 4.69) is 34.3 Å². The quantitative estimate of drug-likeness (QED) is 0.808. The summed E-state index contributed by atoms with van der Waals surface area (Å²) in [7, 11) is 0. The molecule has 0 amide bonds. The first-order chi connectivity index (χ1) is 8.71. The number of aromatic amines is 1. The Morgan fingerprint density at radius 3 is 3.00 bits per heavy atom. The predicted octanol–water partition coefficient (Wildman–Crippen LogP) is 2.84. The van der Waals surface area contributed by atoms with Crippen LogP contribution in [0.4, 0.5) is 0 Å². The summed E-state index contributed by atoms with van der Waals surface area (Å²) >= 11 is 0. The highest BCUT2D eigenvalue weighted by Crippen LogP contribution is 2.58. The second-order valence-electron chi connectivity index (χ2n) is 6.44. The maximum atomic E-state index is 4.39. The molecule has 2 aliphatic rings. The standard InChI is InChI=1S/C15H19N3.H2/c1-14(8-15(9-14)4-7-16-10-15)12-3-6-18-13-11(12)2-5-17-13;/h2-3,5-6,16H,4,7-10H2,1H3,(H,17,18);1H. The fourth-order valence-electron chi connectivity index (χ4n) is 4.38. The van der Waals surface area contributed by atoms with Crippen LogP contribution in [0.2, 0.25) is 0 Å². The van der Waals surface area contributed by atoms with E-state index in [1.54, 1.807) is 0 Å². The lowest BCUT2D eigenvalue weighted by Crippen LogP contribution is -2.49.